The molecule has 0 amide bonds. The molecule has 8 rings (SSSR count). The lowest BCUT2D eigenvalue weighted by Gasteiger charge is -2.46. The Kier molecular flexibility index (Phi) is 17.2. The Bertz CT molecular complexity index is 3050. The zero-order valence-electron chi connectivity index (χ0n) is 41.3. The van der Waals surface area contributed by atoms with E-state index in [-0.39, 0.29) is 5.75 Å². The minimum atomic E-state index is -6.13. The van der Waals surface area contributed by atoms with E-state index in [4.69, 9.17) is 4.52 Å². The van der Waals surface area contributed by atoms with Crippen molar-refractivity contribution in [1.29, 1.82) is 0 Å². The number of rotatable bonds is 9. The average molecular weight is 1230 g/mol. The van der Waals surface area contributed by atoms with Gasteiger partial charge in [0.15, 0.2) is 5.75 Å². The van der Waals surface area contributed by atoms with Crippen molar-refractivity contribution in [3.63, 3.8) is 0 Å². The highest BCUT2D eigenvalue weighted by Gasteiger charge is 2.51. The summed E-state index contributed by atoms with van der Waals surface area (Å²) in [6, 6.07) is 29.3. The van der Waals surface area contributed by atoms with E-state index in [1.807, 2.05) is 30.3 Å². The van der Waals surface area contributed by atoms with Crippen LogP contribution in [-0.4, -0.2) is 11.3 Å². The fourth-order valence-corrected chi connectivity index (χ4v) is 12.7. The summed E-state index contributed by atoms with van der Waals surface area (Å²) in [5.41, 5.74) is -30.2. The van der Waals surface area contributed by atoms with Gasteiger partial charge in [-0.2, -0.15) is 127 Å². The molecule has 0 aliphatic heterocycles. The normalized spacial score (nSPS) is 13.3. The highest BCUT2D eigenvalue weighted by atomic mass is 31.2. The van der Waals surface area contributed by atoms with E-state index in [2.05, 4.69) is 72.8 Å². The minimum absolute atomic E-state index is 0.227. The molecule has 0 heterocycles. The summed E-state index contributed by atoms with van der Waals surface area (Å²) in [5, 5.41) is 13.1. The Balaban J connectivity index is 0.000000309. The fraction of sp³-hybridized carbons (Fsp3) is 0.143. The number of benzene rings is 8. The number of alkyl halides is 24. The van der Waals surface area contributed by atoms with Crippen LogP contribution < -0.4 is 42.3 Å². The maximum atomic E-state index is 14.2. The Morgan fingerprint density at radius 2 is 0.452 bits per heavy atom. The second-order valence-corrected chi connectivity index (χ2v) is 21.4. The number of hydrogen-bond donors (Lipinski definition) is 1. The van der Waals surface area contributed by atoms with Crippen LogP contribution in [0, 0.1) is 0 Å². The first-order valence-electron chi connectivity index (χ1n) is 23.5. The average Bonchev–Trinajstić information content (AvgIpc) is 1.73. The number of phenols is 1. The summed E-state index contributed by atoms with van der Waals surface area (Å²) in [7, 11) is -2.37. The van der Waals surface area contributed by atoms with Crippen molar-refractivity contribution >= 4 is 51.4 Å². The molecule has 0 saturated heterocycles. The van der Waals surface area contributed by atoms with Gasteiger partial charge in [-0.25, -0.2) is 0 Å². The van der Waals surface area contributed by atoms with E-state index >= 15 is 0 Å². The van der Waals surface area contributed by atoms with Gasteiger partial charge >= 0.3 is 49.4 Å². The minimum Gasteiger partial charge on any atom is -0.508 e. The van der Waals surface area contributed by atoms with E-state index in [1.165, 1.54) is 0 Å². The number of hydrogen-bond acceptors (Lipinski definition) is 2. The number of phenolic OH excluding ortho intramolecular Hbond substituents is 1. The van der Waals surface area contributed by atoms with Crippen LogP contribution in [0.3, 0.4) is 0 Å². The van der Waals surface area contributed by atoms with Crippen LogP contribution in [-0.2, 0) is 49.4 Å². The van der Waals surface area contributed by atoms with Crippen molar-refractivity contribution in [1.82, 2.24) is 0 Å². The molecule has 0 bridgehead atoms. The predicted octanol–water partition coefficient (Wildman–Crippen LogP) is 15.9. The van der Waals surface area contributed by atoms with Crippen molar-refractivity contribution in [2.45, 2.75) is 49.4 Å². The summed E-state index contributed by atoms with van der Waals surface area (Å²) < 4.78 is 348. The van der Waals surface area contributed by atoms with Gasteiger partial charge in [0, 0.05) is 0 Å². The smallest absolute Gasteiger partial charge is 0.416 e. The third kappa shape index (κ3) is 13.9. The van der Waals surface area contributed by atoms with Gasteiger partial charge in [0.05, 0.1) is 44.5 Å². The molecule has 0 aliphatic carbocycles. The van der Waals surface area contributed by atoms with Crippen molar-refractivity contribution < 1.29 is 115 Å². The molecule has 84 heavy (non-hydrogen) atoms. The van der Waals surface area contributed by atoms with Crippen molar-refractivity contribution in [2.75, 3.05) is 0 Å². The molecule has 1 N–H and O–H groups in total. The molecule has 2 nitrogen and oxygen atoms in total. The van der Waals surface area contributed by atoms with Gasteiger partial charge in [-0.1, -0.05) is 103 Å². The maximum Gasteiger partial charge on any atom is 0.416 e. The van der Waals surface area contributed by atoms with E-state index in [1.54, 1.807) is 12.1 Å². The SMILES string of the molecule is FC(F)(F)c1cc([B-](c2cc(C(F)(F)F)cc(C(F)(F)F)c2)(c2cc(C(F)(F)F)cc(C(F)(F)F)c2)c2cc(C(F)(F)F)cc(C(F)(F)F)c2)cc(C(F)(F)F)c1.Oc1ccc(O[P+](c2ccccc2)(c2ccccc2)c2ccccc2)cc1. The molecule has 28 heteroatoms. The lowest BCUT2D eigenvalue weighted by molar-refractivity contribution is -0.144. The van der Waals surface area contributed by atoms with Gasteiger partial charge in [0.25, 0.3) is 7.49 Å². The van der Waals surface area contributed by atoms with Gasteiger partial charge < -0.3 is 9.63 Å². The van der Waals surface area contributed by atoms with Gasteiger partial charge in [-0.3, -0.25) is 0 Å². The zero-order valence-corrected chi connectivity index (χ0v) is 42.2. The molecule has 0 unspecified atom stereocenters. The highest BCUT2D eigenvalue weighted by Crippen LogP contribution is 2.56. The maximum absolute atomic E-state index is 14.2. The number of halogens is 24. The number of aromatic hydroxyl groups is 1. The molecule has 0 radical (unpaired) electrons. The van der Waals surface area contributed by atoms with Crippen molar-refractivity contribution in [3.05, 3.63) is 233 Å². The second kappa shape index (κ2) is 22.6. The van der Waals surface area contributed by atoms with Crippen LogP contribution in [0.4, 0.5) is 105 Å². The first kappa shape index (κ1) is 63.7. The van der Waals surface area contributed by atoms with Gasteiger partial charge in [-0.15, -0.1) is 0 Å². The molecule has 0 aliphatic rings. The fourth-order valence-electron chi connectivity index (χ4n) is 9.25. The van der Waals surface area contributed by atoms with Gasteiger partial charge in [0.1, 0.15) is 27.8 Å². The van der Waals surface area contributed by atoms with Crippen LogP contribution >= 0.6 is 7.49 Å². The van der Waals surface area contributed by atoms with E-state index < -0.39 is 202 Å². The van der Waals surface area contributed by atoms with Crippen molar-refractivity contribution in [2.24, 2.45) is 0 Å². The molecule has 0 spiro atoms. The van der Waals surface area contributed by atoms with E-state index in [9.17, 15) is 110 Å². The molecule has 8 aromatic rings. The monoisotopic (exact) mass is 1230 g/mol. The lowest BCUT2D eigenvalue weighted by Crippen LogP contribution is -2.75. The van der Waals surface area contributed by atoms with Crippen LogP contribution in [0.1, 0.15) is 44.5 Å². The molecular formula is C56H32BF24O2P. The Hall–Kier alpha value is -7.83. The van der Waals surface area contributed by atoms with Crippen LogP contribution in [0.5, 0.6) is 11.5 Å². The third-order valence-corrected chi connectivity index (χ3v) is 16.4. The standard InChI is InChI=1S/C32H12BF24.C24H19O2P/c34-25(35,36)13-1-14(26(37,38)39)6-21(5-13)33(22-7-15(27(40,41)42)2-16(8-22)28(43,44)45,23-9-17(29(46,47)48)3-18(10-23)30(49,50)51)24-11-19(31(52,53)54)4-20(12-24)32(55,56)57;25-20-16-18-21(19-17-20)26-27(22-10-4-1-5-11-22,23-12-6-2-7-13-23)24-14-8-3-9-15-24/h1-12H;1-19H/q-1;/p+1. The zero-order chi connectivity index (χ0) is 62.4. The summed E-state index contributed by atoms with van der Waals surface area (Å²) in [6.45, 7) is 0. The Labute approximate surface area is 458 Å². The van der Waals surface area contributed by atoms with Crippen LogP contribution in [0.25, 0.3) is 0 Å². The molecule has 0 aromatic heterocycles. The predicted molar refractivity (Wildman–Crippen MR) is 264 cm³/mol. The van der Waals surface area contributed by atoms with Gasteiger partial charge in [0.2, 0.25) is 0 Å². The second-order valence-electron chi connectivity index (χ2n) is 18.4. The van der Waals surface area contributed by atoms with E-state index in [0.29, 0.717) is 0 Å². The third-order valence-electron chi connectivity index (χ3n) is 12.9. The largest absolute Gasteiger partial charge is 0.508 e. The summed E-state index contributed by atoms with van der Waals surface area (Å²) in [5.74, 6) is 0.961. The quantitative estimate of drug-likeness (QED) is 0.0887. The molecule has 444 valence electrons. The van der Waals surface area contributed by atoms with Gasteiger partial charge in [-0.05, 0) is 84.9 Å². The van der Waals surface area contributed by atoms with Crippen molar-refractivity contribution in [3.8, 4) is 11.5 Å². The molecule has 8 aromatic carbocycles. The van der Waals surface area contributed by atoms with Crippen LogP contribution in [0.2, 0.25) is 0 Å². The molecule has 0 fully saturated rings. The Morgan fingerprint density at radius 1 is 0.262 bits per heavy atom. The van der Waals surface area contributed by atoms with E-state index in [0.717, 1.165) is 21.7 Å². The molecular weight excluding hydrogens is 1200 g/mol. The van der Waals surface area contributed by atoms with Crippen LogP contribution in [0.15, 0.2) is 188 Å². The lowest BCUT2D eigenvalue weighted by atomic mass is 9.12. The first-order chi connectivity index (χ1) is 38.5. The summed E-state index contributed by atoms with van der Waals surface area (Å²) in [4.78, 5) is 0. The highest BCUT2D eigenvalue weighted by molar-refractivity contribution is 7.92. The molecule has 0 saturated carbocycles. The summed E-state index contributed by atoms with van der Waals surface area (Å²) >= 11 is 0. The Morgan fingerprint density at radius 3 is 0.631 bits per heavy atom. The summed E-state index contributed by atoms with van der Waals surface area (Å²) in [6.07, 6.45) is -54.8. The topological polar surface area (TPSA) is 29.5 Å². The molecule has 0 atom stereocenters. The first-order valence-corrected chi connectivity index (χ1v) is 25.2.